The maximum absolute atomic E-state index is 13.2. The molecule has 1 saturated heterocycles. The highest BCUT2D eigenvalue weighted by molar-refractivity contribution is 8.00. The van der Waals surface area contributed by atoms with Crippen LogP contribution in [0, 0.1) is 12.8 Å². The number of hydrogen-bond donors (Lipinski definition) is 3. The zero-order valence-corrected chi connectivity index (χ0v) is 21.1. The Kier molecular flexibility index (Phi) is 6.61. The van der Waals surface area contributed by atoms with E-state index in [0.717, 1.165) is 33.6 Å². The molecule has 3 N–H and O–H groups in total. The van der Waals surface area contributed by atoms with Gasteiger partial charge in [-0.05, 0) is 36.2 Å². The van der Waals surface area contributed by atoms with Crippen molar-refractivity contribution in [1.82, 2.24) is 9.88 Å². The number of ether oxygens (including phenoxy) is 1. The Bertz CT molecular complexity index is 1460. The third-order valence-corrected chi connectivity index (χ3v) is 8.64. The van der Waals surface area contributed by atoms with Crippen LogP contribution in [0.4, 0.5) is 5.69 Å². The lowest BCUT2D eigenvalue weighted by Gasteiger charge is -2.29. The van der Waals surface area contributed by atoms with Crippen molar-refractivity contribution < 1.29 is 29.0 Å². The number of benzene rings is 2. The van der Waals surface area contributed by atoms with E-state index in [-0.39, 0.29) is 17.4 Å². The van der Waals surface area contributed by atoms with Crippen molar-refractivity contribution in [3.63, 3.8) is 0 Å². The summed E-state index contributed by atoms with van der Waals surface area (Å²) in [4.78, 5) is 65.6. The number of carboxylic acids is 1. The number of aliphatic carboxylic acids is 1. The fraction of sp³-hybridized carbons (Fsp3) is 0.240. The van der Waals surface area contributed by atoms with Gasteiger partial charge in [0.15, 0.2) is 6.61 Å². The number of H-pyrrole nitrogens is 1. The minimum Gasteiger partial charge on any atom is -0.484 e. The standard InChI is InChI=1S/C25H21N3O7S2/c1-12-4-2-3-5-15(12)26-16(29)11-35-14-8-6-13(7-9-14)18-19-21(36-22-20(18)37-25(34)27-22)24(33)28(23(19)32)10-17(30)31/h2-9,18-19,21H,10-11H2,1H3,(H,26,29)(H,27,34)(H,30,31)/t18-,19?,21?/m0/s1. The Labute approximate surface area is 218 Å². The van der Waals surface area contributed by atoms with E-state index in [0.29, 0.717) is 26.9 Å². The highest BCUT2D eigenvalue weighted by Gasteiger charge is 2.56. The lowest BCUT2D eigenvalue weighted by Crippen LogP contribution is -2.36. The number of rotatable bonds is 7. The van der Waals surface area contributed by atoms with Crippen molar-refractivity contribution in [3.8, 4) is 5.75 Å². The van der Waals surface area contributed by atoms with Gasteiger partial charge in [-0.15, -0.1) is 0 Å². The number of aromatic amines is 1. The van der Waals surface area contributed by atoms with Gasteiger partial charge in [-0.1, -0.05) is 53.4 Å². The van der Waals surface area contributed by atoms with E-state index in [1.54, 1.807) is 30.3 Å². The van der Waals surface area contributed by atoms with E-state index in [2.05, 4.69) is 10.3 Å². The van der Waals surface area contributed by atoms with Crippen LogP contribution in [0.15, 0.2) is 58.4 Å². The number of imide groups is 1. The van der Waals surface area contributed by atoms with Crippen LogP contribution in [0.25, 0.3) is 0 Å². The number of nitrogens with zero attached hydrogens (tertiary/aromatic N) is 1. The number of fused-ring (bicyclic) bond motifs is 2. The minimum absolute atomic E-state index is 0.209. The number of thiazole rings is 1. The zero-order valence-electron chi connectivity index (χ0n) is 19.4. The molecule has 2 aromatic carbocycles. The summed E-state index contributed by atoms with van der Waals surface area (Å²) in [5.74, 6) is -3.78. The van der Waals surface area contributed by atoms with E-state index in [1.807, 2.05) is 25.1 Å². The first-order valence-corrected chi connectivity index (χ1v) is 13.0. The van der Waals surface area contributed by atoms with Crippen molar-refractivity contribution in [2.24, 2.45) is 5.92 Å². The molecule has 3 amide bonds. The number of hydrogen-bond acceptors (Lipinski definition) is 8. The summed E-state index contributed by atoms with van der Waals surface area (Å²) in [6.07, 6.45) is 0. The SMILES string of the molecule is Cc1ccccc1NC(=O)COc1ccc([C@@H]2c3sc(=O)[nH]c3SC3C(=O)N(CC(=O)O)C(=O)C32)cc1. The van der Waals surface area contributed by atoms with Crippen molar-refractivity contribution in [3.05, 3.63) is 74.2 Å². The molecular weight excluding hydrogens is 518 g/mol. The van der Waals surface area contributed by atoms with Crippen LogP contribution in [0.3, 0.4) is 0 Å². The number of anilines is 1. The Morgan fingerprint density at radius 3 is 2.51 bits per heavy atom. The largest absolute Gasteiger partial charge is 0.484 e. The summed E-state index contributed by atoms with van der Waals surface area (Å²) in [7, 11) is 0. The molecule has 0 aliphatic carbocycles. The van der Waals surface area contributed by atoms with Crippen LogP contribution >= 0.6 is 23.1 Å². The lowest BCUT2D eigenvalue weighted by atomic mass is 9.83. The van der Waals surface area contributed by atoms with Crippen molar-refractivity contribution in [2.45, 2.75) is 23.1 Å². The molecule has 12 heteroatoms. The molecule has 190 valence electrons. The van der Waals surface area contributed by atoms with Gasteiger partial charge in [0.25, 0.3) is 5.91 Å². The van der Waals surface area contributed by atoms with Crippen LogP contribution in [0.2, 0.25) is 0 Å². The molecule has 3 heterocycles. The molecule has 1 aromatic heterocycles. The second-order valence-corrected chi connectivity index (χ2v) is 10.8. The molecule has 3 aromatic rings. The summed E-state index contributed by atoms with van der Waals surface area (Å²) in [6.45, 7) is 0.970. The van der Waals surface area contributed by atoms with Gasteiger partial charge in [0.1, 0.15) is 17.5 Å². The molecule has 2 aliphatic heterocycles. The van der Waals surface area contributed by atoms with Crippen molar-refractivity contribution in [2.75, 3.05) is 18.5 Å². The van der Waals surface area contributed by atoms with E-state index < -0.39 is 41.4 Å². The van der Waals surface area contributed by atoms with E-state index in [1.165, 1.54) is 0 Å². The number of carboxylic acid groups (broad SMARTS) is 1. The molecule has 2 unspecified atom stereocenters. The number of thioether (sulfide) groups is 1. The zero-order chi connectivity index (χ0) is 26.3. The maximum atomic E-state index is 13.2. The number of aromatic nitrogens is 1. The molecule has 0 spiro atoms. The molecule has 10 nitrogen and oxygen atoms in total. The van der Waals surface area contributed by atoms with E-state index in [4.69, 9.17) is 4.74 Å². The van der Waals surface area contributed by atoms with Crippen LogP contribution in [0.5, 0.6) is 5.75 Å². The van der Waals surface area contributed by atoms with E-state index in [9.17, 15) is 29.1 Å². The highest BCUT2D eigenvalue weighted by Crippen LogP contribution is 2.52. The fourth-order valence-electron chi connectivity index (χ4n) is 4.54. The second kappa shape index (κ2) is 9.87. The predicted octanol–water partition coefficient (Wildman–Crippen LogP) is 2.44. The smallest absolute Gasteiger partial charge is 0.323 e. The molecular formula is C25H21N3O7S2. The lowest BCUT2D eigenvalue weighted by molar-refractivity contribution is -0.149. The molecule has 37 heavy (non-hydrogen) atoms. The number of likely N-dealkylation sites (tertiary alicyclic amines) is 1. The van der Waals surface area contributed by atoms with Gasteiger partial charge in [0.05, 0.1) is 10.9 Å². The summed E-state index contributed by atoms with van der Waals surface area (Å²) in [5.41, 5.74) is 2.30. The molecule has 3 atom stereocenters. The fourth-order valence-corrected chi connectivity index (χ4v) is 7.08. The van der Waals surface area contributed by atoms with Crippen molar-refractivity contribution >= 4 is 52.5 Å². The summed E-state index contributed by atoms with van der Waals surface area (Å²) < 4.78 is 5.62. The average Bonchev–Trinajstić information content (AvgIpc) is 3.35. The molecule has 2 aliphatic rings. The molecule has 0 saturated carbocycles. The van der Waals surface area contributed by atoms with Crippen LogP contribution in [-0.4, -0.2) is 57.1 Å². The number of nitrogens with one attached hydrogen (secondary N) is 2. The van der Waals surface area contributed by atoms with E-state index >= 15 is 0 Å². The normalized spacial score (nSPS) is 20.4. The Morgan fingerprint density at radius 2 is 1.81 bits per heavy atom. The van der Waals surface area contributed by atoms with Crippen LogP contribution in [-0.2, 0) is 19.2 Å². The summed E-state index contributed by atoms with van der Waals surface area (Å²) in [5, 5.41) is 11.6. The number of amides is 3. The number of aryl methyl sites for hydroxylation is 1. The van der Waals surface area contributed by atoms with Gasteiger partial charge in [-0.25, -0.2) is 0 Å². The minimum atomic E-state index is -1.28. The quantitative estimate of drug-likeness (QED) is 0.388. The highest BCUT2D eigenvalue weighted by atomic mass is 32.2. The molecule has 0 radical (unpaired) electrons. The van der Waals surface area contributed by atoms with Gasteiger partial charge >= 0.3 is 10.8 Å². The summed E-state index contributed by atoms with van der Waals surface area (Å²) >= 11 is 2.05. The topological polar surface area (TPSA) is 146 Å². The monoisotopic (exact) mass is 539 g/mol. The van der Waals surface area contributed by atoms with Gasteiger partial charge in [0, 0.05) is 16.5 Å². The van der Waals surface area contributed by atoms with Crippen molar-refractivity contribution in [1.29, 1.82) is 0 Å². The first-order chi connectivity index (χ1) is 17.7. The predicted molar refractivity (Wildman–Crippen MR) is 136 cm³/mol. The summed E-state index contributed by atoms with van der Waals surface area (Å²) in [6, 6.07) is 14.1. The number of para-hydroxylation sites is 1. The van der Waals surface area contributed by atoms with Gasteiger partial charge in [-0.2, -0.15) is 0 Å². The first kappa shape index (κ1) is 24.8. The van der Waals surface area contributed by atoms with Gasteiger partial charge < -0.3 is 20.1 Å². The van der Waals surface area contributed by atoms with Gasteiger partial charge in [-0.3, -0.25) is 28.9 Å². The Balaban J connectivity index is 1.36. The third-order valence-electron chi connectivity index (χ3n) is 6.24. The molecule has 1 fully saturated rings. The molecule has 5 rings (SSSR count). The third kappa shape index (κ3) is 4.77. The Hall–Kier alpha value is -3.90. The van der Waals surface area contributed by atoms with Crippen LogP contribution in [0.1, 0.15) is 21.9 Å². The Morgan fingerprint density at radius 1 is 1.08 bits per heavy atom. The number of carbonyl (C=O) groups excluding carboxylic acids is 3. The molecule has 0 bridgehead atoms. The van der Waals surface area contributed by atoms with Crippen LogP contribution < -0.4 is 14.9 Å². The maximum Gasteiger partial charge on any atom is 0.323 e. The second-order valence-electron chi connectivity index (χ2n) is 8.63. The van der Waals surface area contributed by atoms with Gasteiger partial charge in [0.2, 0.25) is 11.8 Å². The number of carbonyl (C=O) groups is 4. The average molecular weight is 540 g/mol. The first-order valence-electron chi connectivity index (χ1n) is 11.3.